The van der Waals surface area contributed by atoms with Gasteiger partial charge in [0.15, 0.2) is 6.23 Å². The summed E-state index contributed by atoms with van der Waals surface area (Å²) in [6.07, 6.45) is 1.53. The Labute approximate surface area is 150 Å². The van der Waals surface area contributed by atoms with Crippen molar-refractivity contribution in [2.75, 3.05) is 25.5 Å². The molecule has 0 spiro atoms. The van der Waals surface area contributed by atoms with Crippen molar-refractivity contribution in [1.82, 2.24) is 4.90 Å². The van der Waals surface area contributed by atoms with Crippen LogP contribution in [0.2, 0.25) is 0 Å². The molecule has 1 saturated heterocycles. The molecule has 25 heavy (non-hydrogen) atoms. The van der Waals surface area contributed by atoms with Crippen molar-refractivity contribution < 1.29 is 9.53 Å². The summed E-state index contributed by atoms with van der Waals surface area (Å²) >= 11 is 0. The van der Waals surface area contributed by atoms with Crippen LogP contribution >= 0.6 is 0 Å². The van der Waals surface area contributed by atoms with Crippen molar-refractivity contribution in [2.45, 2.75) is 32.9 Å². The zero-order valence-corrected chi connectivity index (χ0v) is 15.5. The molecule has 4 nitrogen and oxygen atoms in total. The van der Waals surface area contributed by atoms with Crippen molar-refractivity contribution in [1.29, 1.82) is 0 Å². The summed E-state index contributed by atoms with van der Waals surface area (Å²) in [6.45, 7) is 5.15. The van der Waals surface area contributed by atoms with E-state index < -0.39 is 0 Å². The minimum atomic E-state index is -0.310. The van der Waals surface area contributed by atoms with Gasteiger partial charge in [0, 0.05) is 19.2 Å². The van der Waals surface area contributed by atoms with Gasteiger partial charge in [-0.1, -0.05) is 47.5 Å². The highest BCUT2D eigenvalue weighted by atomic mass is 16.6. The molecule has 1 aliphatic rings. The smallest absolute Gasteiger partial charge is 0.415 e. The molecule has 1 atom stereocenters. The lowest BCUT2D eigenvalue weighted by atomic mass is 9.99. The number of nitrogens with zero attached hydrogens (tertiary/aromatic N) is 2. The van der Waals surface area contributed by atoms with Gasteiger partial charge in [-0.15, -0.1) is 0 Å². The van der Waals surface area contributed by atoms with Gasteiger partial charge in [0.05, 0.1) is 5.69 Å². The van der Waals surface area contributed by atoms with E-state index in [1.54, 1.807) is 11.9 Å². The first-order valence-corrected chi connectivity index (χ1v) is 8.78. The molecule has 2 aromatic rings. The van der Waals surface area contributed by atoms with Gasteiger partial charge in [-0.25, -0.2) is 4.79 Å². The molecule has 0 N–H and O–H groups in total. The quantitative estimate of drug-likeness (QED) is 0.820. The van der Waals surface area contributed by atoms with Crippen LogP contribution < -0.4 is 4.90 Å². The predicted molar refractivity (Wildman–Crippen MR) is 102 cm³/mol. The van der Waals surface area contributed by atoms with E-state index in [1.807, 2.05) is 25.2 Å². The third-order valence-electron chi connectivity index (χ3n) is 4.76. The first-order valence-electron chi connectivity index (χ1n) is 8.78. The lowest BCUT2D eigenvalue weighted by Crippen LogP contribution is -2.36. The van der Waals surface area contributed by atoms with E-state index in [0.29, 0.717) is 0 Å². The van der Waals surface area contributed by atoms with Crippen LogP contribution in [0, 0.1) is 13.8 Å². The monoisotopic (exact) mass is 338 g/mol. The van der Waals surface area contributed by atoms with Gasteiger partial charge in [-0.05, 0) is 45.4 Å². The van der Waals surface area contributed by atoms with Crippen molar-refractivity contribution in [3.63, 3.8) is 0 Å². The van der Waals surface area contributed by atoms with Gasteiger partial charge < -0.3 is 4.74 Å². The zero-order valence-electron chi connectivity index (χ0n) is 15.5. The van der Waals surface area contributed by atoms with Crippen LogP contribution in [0.1, 0.15) is 24.0 Å². The van der Waals surface area contributed by atoms with Gasteiger partial charge >= 0.3 is 6.09 Å². The van der Waals surface area contributed by atoms with Crippen molar-refractivity contribution in [2.24, 2.45) is 0 Å². The van der Waals surface area contributed by atoms with Crippen molar-refractivity contribution in [3.05, 3.63) is 53.6 Å². The molecule has 0 aromatic heterocycles. The van der Waals surface area contributed by atoms with Gasteiger partial charge in [0.2, 0.25) is 0 Å². The lowest BCUT2D eigenvalue weighted by Gasteiger charge is -2.25. The minimum Gasteiger partial charge on any atom is -0.430 e. The Kier molecular flexibility index (Phi) is 5.09. The predicted octanol–water partition coefficient (Wildman–Crippen LogP) is 4.59. The molecule has 1 aliphatic heterocycles. The first-order chi connectivity index (χ1) is 12.0. The summed E-state index contributed by atoms with van der Waals surface area (Å²) in [5.74, 6) is 0. The number of para-hydroxylation sites is 1. The number of hydrogen-bond donors (Lipinski definition) is 0. The lowest BCUT2D eigenvalue weighted by molar-refractivity contribution is 0.0315. The van der Waals surface area contributed by atoms with Crippen LogP contribution in [0.4, 0.5) is 10.5 Å². The van der Waals surface area contributed by atoms with E-state index >= 15 is 0 Å². The van der Waals surface area contributed by atoms with E-state index in [9.17, 15) is 4.79 Å². The van der Waals surface area contributed by atoms with Gasteiger partial charge in [-0.3, -0.25) is 9.80 Å². The highest BCUT2D eigenvalue weighted by Gasteiger charge is 2.27. The number of ether oxygens (including phenoxy) is 1. The fourth-order valence-electron chi connectivity index (χ4n) is 3.46. The summed E-state index contributed by atoms with van der Waals surface area (Å²) in [7, 11) is 3.77. The Morgan fingerprint density at radius 1 is 1.16 bits per heavy atom. The summed E-state index contributed by atoms with van der Waals surface area (Å²) in [5.41, 5.74) is 5.43. The van der Waals surface area contributed by atoms with E-state index in [1.165, 1.54) is 11.1 Å². The Morgan fingerprint density at radius 2 is 1.84 bits per heavy atom. The number of amides is 1. The number of benzene rings is 2. The number of anilines is 1. The van der Waals surface area contributed by atoms with Crippen LogP contribution in [0.3, 0.4) is 0 Å². The summed E-state index contributed by atoms with van der Waals surface area (Å²) in [4.78, 5) is 16.3. The van der Waals surface area contributed by atoms with E-state index in [4.69, 9.17) is 4.74 Å². The van der Waals surface area contributed by atoms with E-state index in [2.05, 4.69) is 43.0 Å². The molecular weight excluding hydrogens is 312 g/mol. The Bertz CT molecular complexity index is 752. The molecule has 4 heteroatoms. The van der Waals surface area contributed by atoms with Crippen molar-refractivity contribution >= 4 is 11.8 Å². The number of aryl methyl sites for hydroxylation is 2. The Balaban J connectivity index is 1.88. The standard InChI is InChI=1S/C21H26N2O2/c1-15-12-16(2)14-17(13-15)18-8-5-6-9-19(18)23(4)21(24)25-20-10-7-11-22(20)3/h5-6,8-9,12-14,20H,7,10-11H2,1-4H3/t20-/m1/s1. The molecule has 2 aromatic carbocycles. The van der Waals surface area contributed by atoms with Crippen LogP contribution in [-0.2, 0) is 4.74 Å². The Hall–Kier alpha value is -2.33. The van der Waals surface area contributed by atoms with Gasteiger partial charge in [0.1, 0.15) is 0 Å². The second-order valence-electron chi connectivity index (χ2n) is 6.91. The second kappa shape index (κ2) is 7.28. The fraction of sp³-hybridized carbons (Fsp3) is 0.381. The number of rotatable bonds is 3. The summed E-state index contributed by atoms with van der Waals surface area (Å²) in [5, 5.41) is 0. The molecule has 0 unspecified atom stereocenters. The van der Waals surface area contributed by atoms with Crippen LogP contribution in [0.5, 0.6) is 0 Å². The van der Waals surface area contributed by atoms with E-state index in [0.717, 1.165) is 36.2 Å². The summed E-state index contributed by atoms with van der Waals surface area (Å²) in [6, 6.07) is 14.4. The third-order valence-corrected chi connectivity index (χ3v) is 4.76. The minimum absolute atomic E-state index is 0.122. The zero-order chi connectivity index (χ0) is 18.0. The average molecular weight is 338 g/mol. The van der Waals surface area contributed by atoms with Crippen LogP contribution in [0.25, 0.3) is 11.1 Å². The number of likely N-dealkylation sites (tertiary alicyclic amines) is 1. The van der Waals surface area contributed by atoms with E-state index in [-0.39, 0.29) is 12.3 Å². The normalized spacial score (nSPS) is 17.5. The third kappa shape index (κ3) is 3.85. The maximum absolute atomic E-state index is 12.6. The molecule has 1 heterocycles. The highest BCUT2D eigenvalue weighted by Crippen LogP contribution is 2.32. The van der Waals surface area contributed by atoms with Gasteiger partial charge in [0.25, 0.3) is 0 Å². The fourth-order valence-corrected chi connectivity index (χ4v) is 3.46. The van der Waals surface area contributed by atoms with Crippen LogP contribution in [0.15, 0.2) is 42.5 Å². The number of hydrogen-bond acceptors (Lipinski definition) is 3. The average Bonchev–Trinajstić information content (AvgIpc) is 2.98. The molecule has 0 saturated carbocycles. The van der Waals surface area contributed by atoms with Gasteiger partial charge in [-0.2, -0.15) is 0 Å². The molecule has 0 bridgehead atoms. The second-order valence-corrected chi connectivity index (χ2v) is 6.91. The Morgan fingerprint density at radius 3 is 2.48 bits per heavy atom. The maximum Gasteiger partial charge on any atom is 0.415 e. The van der Waals surface area contributed by atoms with Crippen LogP contribution in [-0.4, -0.2) is 37.9 Å². The number of carbonyl (C=O) groups excluding carboxylic acids is 1. The first kappa shape index (κ1) is 17.5. The van der Waals surface area contributed by atoms with Crippen molar-refractivity contribution in [3.8, 4) is 11.1 Å². The molecule has 3 rings (SSSR count). The topological polar surface area (TPSA) is 32.8 Å². The molecule has 1 amide bonds. The summed E-state index contributed by atoms with van der Waals surface area (Å²) < 4.78 is 5.69. The largest absolute Gasteiger partial charge is 0.430 e. The maximum atomic E-state index is 12.6. The molecule has 0 radical (unpaired) electrons. The molecule has 132 valence electrons. The molecule has 0 aliphatic carbocycles. The highest BCUT2D eigenvalue weighted by molar-refractivity contribution is 5.93. The molecule has 1 fully saturated rings. The number of carbonyl (C=O) groups is 1. The SMILES string of the molecule is Cc1cc(C)cc(-c2ccccc2N(C)C(=O)O[C@@H]2CCCN2C)c1. The molecular formula is C21H26N2O2.